The lowest BCUT2D eigenvalue weighted by atomic mass is 9.99. The van der Waals surface area contributed by atoms with E-state index < -0.39 is 0 Å². The lowest BCUT2D eigenvalue weighted by Gasteiger charge is -2.30. The van der Waals surface area contributed by atoms with E-state index >= 15 is 0 Å². The largest absolute Gasteiger partial charge is 0.357 e. The van der Waals surface area contributed by atoms with E-state index in [1.165, 1.54) is 32.5 Å². The summed E-state index contributed by atoms with van der Waals surface area (Å²) in [6, 6.07) is 0. The summed E-state index contributed by atoms with van der Waals surface area (Å²) >= 11 is 0. The first-order valence-electron chi connectivity index (χ1n) is 9.34. The predicted octanol–water partition coefficient (Wildman–Crippen LogP) is 1.48. The molecule has 0 spiro atoms. The van der Waals surface area contributed by atoms with Crippen LogP contribution in [-0.4, -0.2) is 58.3 Å². The molecule has 2 heterocycles. The van der Waals surface area contributed by atoms with Gasteiger partial charge in [-0.05, 0) is 58.7 Å². The zero-order valence-corrected chi connectivity index (χ0v) is 15.5. The molecular weight excluding hydrogens is 302 g/mol. The number of aryl methyl sites for hydroxylation is 1. The molecule has 0 aromatic carbocycles. The molecule has 0 unspecified atom stereocenters. The Balaban J connectivity index is 1.71. The van der Waals surface area contributed by atoms with Crippen molar-refractivity contribution in [2.75, 3.05) is 32.7 Å². The van der Waals surface area contributed by atoms with Gasteiger partial charge in [-0.15, -0.1) is 10.2 Å². The number of hydrogen-bond donors (Lipinski definition) is 2. The molecule has 7 heteroatoms. The third-order valence-electron chi connectivity index (χ3n) is 4.58. The maximum absolute atomic E-state index is 4.62. The molecule has 2 rings (SSSR count). The fraction of sp³-hybridized carbons (Fsp3) is 0.824. The van der Waals surface area contributed by atoms with Crippen LogP contribution in [0.4, 0.5) is 0 Å². The fourth-order valence-corrected chi connectivity index (χ4v) is 2.95. The molecule has 0 amide bonds. The van der Waals surface area contributed by atoms with Crippen LogP contribution in [0.1, 0.15) is 45.9 Å². The van der Waals surface area contributed by atoms with Gasteiger partial charge in [0.05, 0.1) is 0 Å². The van der Waals surface area contributed by atoms with Crippen molar-refractivity contribution in [3.8, 4) is 0 Å². The van der Waals surface area contributed by atoms with Gasteiger partial charge in [-0.1, -0.05) is 6.92 Å². The molecular formula is C17H33N7. The molecule has 7 nitrogen and oxygen atoms in total. The maximum atomic E-state index is 4.62. The van der Waals surface area contributed by atoms with E-state index in [4.69, 9.17) is 0 Å². The Morgan fingerprint density at radius 2 is 2.08 bits per heavy atom. The summed E-state index contributed by atoms with van der Waals surface area (Å²) in [6.45, 7) is 13.4. The second kappa shape index (κ2) is 10.3. The zero-order valence-electron chi connectivity index (χ0n) is 15.5. The monoisotopic (exact) mass is 335 g/mol. The van der Waals surface area contributed by atoms with E-state index in [9.17, 15) is 0 Å². The molecule has 1 fully saturated rings. The minimum absolute atomic E-state index is 0.549. The Labute approximate surface area is 145 Å². The molecule has 0 bridgehead atoms. The van der Waals surface area contributed by atoms with E-state index in [0.717, 1.165) is 43.8 Å². The Morgan fingerprint density at radius 3 is 2.79 bits per heavy atom. The van der Waals surface area contributed by atoms with Crippen molar-refractivity contribution in [3.05, 3.63) is 12.2 Å². The number of nitrogens with zero attached hydrogens (tertiary/aromatic N) is 5. The molecule has 1 aliphatic heterocycles. The molecule has 0 atom stereocenters. The van der Waals surface area contributed by atoms with Gasteiger partial charge in [0, 0.05) is 19.6 Å². The highest BCUT2D eigenvalue weighted by molar-refractivity contribution is 5.79. The van der Waals surface area contributed by atoms with Crippen LogP contribution in [0.25, 0.3) is 0 Å². The molecule has 0 radical (unpaired) electrons. The normalized spacial score (nSPS) is 17.2. The average molecular weight is 336 g/mol. The van der Waals surface area contributed by atoms with Crippen LogP contribution in [0.5, 0.6) is 0 Å². The van der Waals surface area contributed by atoms with Gasteiger partial charge in [0.2, 0.25) is 0 Å². The van der Waals surface area contributed by atoms with Crippen LogP contribution in [0.15, 0.2) is 11.3 Å². The van der Waals surface area contributed by atoms with Crippen molar-refractivity contribution < 1.29 is 0 Å². The molecule has 0 saturated carbocycles. The van der Waals surface area contributed by atoms with Gasteiger partial charge in [0.25, 0.3) is 0 Å². The molecule has 1 aromatic rings. The van der Waals surface area contributed by atoms with Crippen LogP contribution < -0.4 is 10.6 Å². The number of guanidine groups is 1. The Bertz CT molecular complexity index is 489. The molecule has 1 saturated heterocycles. The average Bonchev–Trinajstić information content (AvgIpc) is 3.05. The van der Waals surface area contributed by atoms with Crippen LogP contribution in [0.2, 0.25) is 0 Å². The molecule has 2 N–H and O–H groups in total. The van der Waals surface area contributed by atoms with Crippen LogP contribution in [0.3, 0.4) is 0 Å². The SMILES string of the molecule is CCNC(=NCc1nncn1CC)NCCCN1CCC(C)CC1. The second-order valence-corrected chi connectivity index (χ2v) is 6.53. The highest BCUT2D eigenvalue weighted by Crippen LogP contribution is 2.15. The smallest absolute Gasteiger partial charge is 0.191 e. The summed E-state index contributed by atoms with van der Waals surface area (Å²) < 4.78 is 2.02. The molecule has 0 aliphatic carbocycles. The Hall–Kier alpha value is -1.63. The van der Waals surface area contributed by atoms with E-state index in [0.29, 0.717) is 6.54 Å². The summed E-state index contributed by atoms with van der Waals surface area (Å²) in [5.41, 5.74) is 0. The molecule has 1 aliphatic rings. The molecule has 136 valence electrons. The summed E-state index contributed by atoms with van der Waals surface area (Å²) in [5, 5.41) is 14.8. The lowest BCUT2D eigenvalue weighted by molar-refractivity contribution is 0.191. The summed E-state index contributed by atoms with van der Waals surface area (Å²) in [6.07, 6.45) is 5.58. The number of piperidine rings is 1. The van der Waals surface area contributed by atoms with Gasteiger partial charge in [-0.3, -0.25) is 0 Å². The standard InChI is InChI=1S/C17H33N7/c1-4-18-17(20-13-16-22-21-14-24(16)5-2)19-9-6-10-23-11-7-15(3)8-12-23/h14-15H,4-13H2,1-3H3,(H2,18,19,20). The van der Waals surface area contributed by atoms with E-state index in [1.807, 2.05) is 4.57 Å². The van der Waals surface area contributed by atoms with Crippen LogP contribution >= 0.6 is 0 Å². The Kier molecular flexibility index (Phi) is 8.01. The van der Waals surface area contributed by atoms with Crippen molar-refractivity contribution in [1.82, 2.24) is 30.3 Å². The molecule has 1 aromatic heterocycles. The van der Waals surface area contributed by atoms with Crippen molar-refractivity contribution in [2.45, 2.75) is 53.1 Å². The summed E-state index contributed by atoms with van der Waals surface area (Å²) in [5.74, 6) is 2.66. The number of likely N-dealkylation sites (tertiary alicyclic amines) is 1. The quantitative estimate of drug-likeness (QED) is 0.428. The zero-order chi connectivity index (χ0) is 17.2. The van der Waals surface area contributed by atoms with Crippen LogP contribution in [-0.2, 0) is 13.1 Å². The van der Waals surface area contributed by atoms with Gasteiger partial charge < -0.3 is 20.1 Å². The number of aromatic nitrogens is 3. The summed E-state index contributed by atoms with van der Waals surface area (Å²) in [4.78, 5) is 7.20. The van der Waals surface area contributed by atoms with Gasteiger partial charge in [0.15, 0.2) is 11.8 Å². The fourth-order valence-electron chi connectivity index (χ4n) is 2.95. The topological polar surface area (TPSA) is 70.4 Å². The Morgan fingerprint density at radius 1 is 1.29 bits per heavy atom. The van der Waals surface area contributed by atoms with Crippen molar-refractivity contribution in [3.63, 3.8) is 0 Å². The van der Waals surface area contributed by atoms with Gasteiger partial charge >= 0.3 is 0 Å². The first-order chi connectivity index (χ1) is 11.7. The lowest BCUT2D eigenvalue weighted by Crippen LogP contribution is -2.39. The molecule has 24 heavy (non-hydrogen) atoms. The number of aliphatic imine (C=N–C) groups is 1. The maximum Gasteiger partial charge on any atom is 0.191 e. The second-order valence-electron chi connectivity index (χ2n) is 6.53. The van der Waals surface area contributed by atoms with Crippen molar-refractivity contribution in [1.29, 1.82) is 0 Å². The van der Waals surface area contributed by atoms with Gasteiger partial charge in [-0.25, -0.2) is 4.99 Å². The predicted molar refractivity (Wildman–Crippen MR) is 98.0 cm³/mol. The third-order valence-corrected chi connectivity index (χ3v) is 4.58. The van der Waals surface area contributed by atoms with E-state index in [-0.39, 0.29) is 0 Å². The highest BCUT2D eigenvalue weighted by atomic mass is 15.3. The number of nitrogens with one attached hydrogen (secondary N) is 2. The van der Waals surface area contributed by atoms with E-state index in [1.54, 1.807) is 6.33 Å². The van der Waals surface area contributed by atoms with Crippen molar-refractivity contribution >= 4 is 5.96 Å². The minimum atomic E-state index is 0.549. The van der Waals surface area contributed by atoms with E-state index in [2.05, 4.69) is 51.5 Å². The van der Waals surface area contributed by atoms with Gasteiger partial charge in [0.1, 0.15) is 12.9 Å². The van der Waals surface area contributed by atoms with Gasteiger partial charge in [-0.2, -0.15) is 0 Å². The first-order valence-corrected chi connectivity index (χ1v) is 9.34. The van der Waals surface area contributed by atoms with Crippen LogP contribution in [0, 0.1) is 5.92 Å². The first kappa shape index (κ1) is 18.7. The summed E-state index contributed by atoms with van der Waals surface area (Å²) in [7, 11) is 0. The highest BCUT2D eigenvalue weighted by Gasteiger charge is 2.14. The third kappa shape index (κ3) is 6.11. The number of hydrogen-bond acceptors (Lipinski definition) is 4. The minimum Gasteiger partial charge on any atom is -0.357 e. The number of rotatable bonds is 8. The van der Waals surface area contributed by atoms with Crippen molar-refractivity contribution in [2.24, 2.45) is 10.9 Å².